The summed E-state index contributed by atoms with van der Waals surface area (Å²) in [6.45, 7) is 5.62. The van der Waals surface area contributed by atoms with Crippen molar-refractivity contribution < 1.29 is 0 Å². The molecule has 1 nitrogen and oxygen atoms in total. The molecule has 0 spiro atoms. The molecule has 1 atom stereocenters. The molecular formula is C13H22ClN. The number of rotatable bonds is 6. The van der Waals surface area contributed by atoms with Gasteiger partial charge in [-0.2, -0.15) is 0 Å². The standard InChI is InChI=1S/C13H21N.ClH/c1-3-4-10-14-12(2)11-13-8-6-5-7-9-13;/h5-9,12,14H,3-4,10-11H2,1-2H3;1H. The first-order chi connectivity index (χ1) is 6.83. The lowest BCUT2D eigenvalue weighted by Crippen LogP contribution is -2.28. The Morgan fingerprint density at radius 3 is 2.47 bits per heavy atom. The summed E-state index contributed by atoms with van der Waals surface area (Å²) >= 11 is 0. The minimum atomic E-state index is 0. The predicted molar refractivity (Wildman–Crippen MR) is 69.8 cm³/mol. The topological polar surface area (TPSA) is 12.0 Å². The van der Waals surface area contributed by atoms with Gasteiger partial charge in [-0.25, -0.2) is 0 Å². The van der Waals surface area contributed by atoms with Crippen LogP contribution in [0.25, 0.3) is 0 Å². The minimum absolute atomic E-state index is 0. The van der Waals surface area contributed by atoms with E-state index in [1.54, 1.807) is 0 Å². The molecule has 0 aliphatic rings. The summed E-state index contributed by atoms with van der Waals surface area (Å²) in [4.78, 5) is 0. The van der Waals surface area contributed by atoms with E-state index in [2.05, 4.69) is 49.5 Å². The van der Waals surface area contributed by atoms with Gasteiger partial charge < -0.3 is 5.32 Å². The van der Waals surface area contributed by atoms with Crippen molar-refractivity contribution in [2.45, 2.75) is 39.2 Å². The molecule has 1 unspecified atom stereocenters. The zero-order valence-electron chi connectivity index (χ0n) is 9.70. The van der Waals surface area contributed by atoms with Crippen molar-refractivity contribution in [3.63, 3.8) is 0 Å². The predicted octanol–water partition coefficient (Wildman–Crippen LogP) is 3.43. The Balaban J connectivity index is 0.00000196. The van der Waals surface area contributed by atoms with Crippen molar-refractivity contribution in [1.29, 1.82) is 0 Å². The van der Waals surface area contributed by atoms with Crippen LogP contribution in [0.15, 0.2) is 30.3 Å². The van der Waals surface area contributed by atoms with Gasteiger partial charge in [0, 0.05) is 6.04 Å². The van der Waals surface area contributed by atoms with E-state index >= 15 is 0 Å². The van der Waals surface area contributed by atoms with Crippen LogP contribution in [-0.2, 0) is 6.42 Å². The highest BCUT2D eigenvalue weighted by Crippen LogP contribution is 2.02. The third kappa shape index (κ3) is 6.53. The van der Waals surface area contributed by atoms with Gasteiger partial charge in [0.05, 0.1) is 0 Å². The van der Waals surface area contributed by atoms with Gasteiger partial charge >= 0.3 is 0 Å². The zero-order valence-corrected chi connectivity index (χ0v) is 10.5. The Bertz CT molecular complexity index is 236. The summed E-state index contributed by atoms with van der Waals surface area (Å²) in [6, 6.07) is 11.3. The van der Waals surface area contributed by atoms with Crippen LogP contribution in [0.2, 0.25) is 0 Å². The van der Waals surface area contributed by atoms with E-state index in [0.717, 1.165) is 13.0 Å². The lowest BCUT2D eigenvalue weighted by molar-refractivity contribution is 0.531. The third-order valence-electron chi connectivity index (χ3n) is 2.41. The van der Waals surface area contributed by atoms with E-state index in [4.69, 9.17) is 0 Å². The van der Waals surface area contributed by atoms with E-state index in [9.17, 15) is 0 Å². The van der Waals surface area contributed by atoms with Gasteiger partial charge in [-0.15, -0.1) is 12.4 Å². The highest BCUT2D eigenvalue weighted by molar-refractivity contribution is 5.85. The van der Waals surface area contributed by atoms with E-state index in [1.807, 2.05) is 0 Å². The van der Waals surface area contributed by atoms with E-state index in [0.29, 0.717) is 6.04 Å². The second-order valence-electron chi connectivity index (χ2n) is 3.90. The van der Waals surface area contributed by atoms with Crippen LogP contribution < -0.4 is 5.32 Å². The Hall–Kier alpha value is -0.530. The molecule has 0 radical (unpaired) electrons. The summed E-state index contributed by atoms with van der Waals surface area (Å²) in [5.74, 6) is 0. The van der Waals surface area contributed by atoms with Crippen LogP contribution in [0.4, 0.5) is 0 Å². The number of benzene rings is 1. The van der Waals surface area contributed by atoms with Gasteiger partial charge in [0.15, 0.2) is 0 Å². The maximum atomic E-state index is 3.53. The molecule has 0 aliphatic carbocycles. The summed E-state index contributed by atoms with van der Waals surface area (Å²) in [5, 5.41) is 3.53. The molecular weight excluding hydrogens is 206 g/mol. The van der Waals surface area contributed by atoms with Crippen molar-refractivity contribution in [2.24, 2.45) is 0 Å². The van der Waals surface area contributed by atoms with E-state index in [1.165, 1.54) is 18.4 Å². The largest absolute Gasteiger partial charge is 0.314 e. The third-order valence-corrected chi connectivity index (χ3v) is 2.41. The molecule has 1 aromatic rings. The molecule has 15 heavy (non-hydrogen) atoms. The molecule has 0 heterocycles. The fourth-order valence-electron chi connectivity index (χ4n) is 1.57. The van der Waals surface area contributed by atoms with E-state index in [-0.39, 0.29) is 12.4 Å². The number of unbranched alkanes of at least 4 members (excludes halogenated alkanes) is 1. The van der Waals surface area contributed by atoms with Gasteiger partial charge in [-0.3, -0.25) is 0 Å². The second-order valence-corrected chi connectivity index (χ2v) is 3.90. The molecule has 0 aliphatic heterocycles. The molecule has 86 valence electrons. The number of hydrogen-bond donors (Lipinski definition) is 1. The fraction of sp³-hybridized carbons (Fsp3) is 0.538. The number of nitrogens with one attached hydrogen (secondary N) is 1. The first-order valence-electron chi connectivity index (χ1n) is 5.60. The average Bonchev–Trinajstić information content (AvgIpc) is 2.20. The van der Waals surface area contributed by atoms with Crippen molar-refractivity contribution in [2.75, 3.05) is 6.54 Å². The molecule has 2 heteroatoms. The van der Waals surface area contributed by atoms with E-state index < -0.39 is 0 Å². The summed E-state index contributed by atoms with van der Waals surface area (Å²) in [6.07, 6.45) is 3.68. The Morgan fingerprint density at radius 2 is 1.87 bits per heavy atom. The molecule has 1 aromatic carbocycles. The van der Waals surface area contributed by atoms with Crippen LogP contribution in [0.1, 0.15) is 32.3 Å². The Morgan fingerprint density at radius 1 is 1.20 bits per heavy atom. The monoisotopic (exact) mass is 227 g/mol. The Kier molecular flexibility index (Phi) is 8.44. The maximum Gasteiger partial charge on any atom is 0.00791 e. The van der Waals surface area contributed by atoms with Gasteiger partial charge in [0.25, 0.3) is 0 Å². The molecule has 0 saturated carbocycles. The lowest BCUT2D eigenvalue weighted by atomic mass is 10.1. The lowest BCUT2D eigenvalue weighted by Gasteiger charge is -2.13. The van der Waals surface area contributed by atoms with Crippen LogP contribution in [-0.4, -0.2) is 12.6 Å². The van der Waals surface area contributed by atoms with Gasteiger partial charge in [0.1, 0.15) is 0 Å². The first kappa shape index (κ1) is 14.5. The van der Waals surface area contributed by atoms with Crippen molar-refractivity contribution in [1.82, 2.24) is 5.32 Å². The van der Waals surface area contributed by atoms with Crippen LogP contribution >= 0.6 is 12.4 Å². The number of halogens is 1. The summed E-state index contributed by atoms with van der Waals surface area (Å²) in [7, 11) is 0. The Labute approximate surface area is 99.7 Å². The van der Waals surface area contributed by atoms with Crippen molar-refractivity contribution >= 4 is 12.4 Å². The van der Waals surface area contributed by atoms with Gasteiger partial charge in [-0.05, 0) is 31.9 Å². The second kappa shape index (κ2) is 8.75. The highest BCUT2D eigenvalue weighted by Gasteiger charge is 2.00. The molecule has 0 saturated heterocycles. The molecule has 0 aromatic heterocycles. The van der Waals surface area contributed by atoms with Crippen molar-refractivity contribution in [3.05, 3.63) is 35.9 Å². The normalized spacial score (nSPS) is 11.9. The summed E-state index contributed by atoms with van der Waals surface area (Å²) in [5.41, 5.74) is 1.42. The quantitative estimate of drug-likeness (QED) is 0.735. The molecule has 1 rings (SSSR count). The molecule has 1 N–H and O–H groups in total. The van der Waals surface area contributed by atoms with Gasteiger partial charge in [0.2, 0.25) is 0 Å². The molecule has 0 fully saturated rings. The molecule has 0 amide bonds. The van der Waals surface area contributed by atoms with Crippen LogP contribution in [0, 0.1) is 0 Å². The smallest absolute Gasteiger partial charge is 0.00791 e. The van der Waals surface area contributed by atoms with Crippen LogP contribution in [0.5, 0.6) is 0 Å². The maximum absolute atomic E-state index is 3.53. The number of hydrogen-bond acceptors (Lipinski definition) is 1. The highest BCUT2D eigenvalue weighted by atomic mass is 35.5. The van der Waals surface area contributed by atoms with Crippen molar-refractivity contribution in [3.8, 4) is 0 Å². The SMILES string of the molecule is CCCCNC(C)Cc1ccccc1.Cl. The summed E-state index contributed by atoms with van der Waals surface area (Å²) < 4.78 is 0. The van der Waals surface area contributed by atoms with Gasteiger partial charge in [-0.1, -0.05) is 43.7 Å². The zero-order chi connectivity index (χ0) is 10.2. The molecule has 0 bridgehead atoms. The minimum Gasteiger partial charge on any atom is -0.314 e. The average molecular weight is 228 g/mol. The fourth-order valence-corrected chi connectivity index (χ4v) is 1.57. The first-order valence-corrected chi connectivity index (χ1v) is 5.60. The van der Waals surface area contributed by atoms with Crippen LogP contribution in [0.3, 0.4) is 0 Å².